The van der Waals surface area contributed by atoms with Crippen LogP contribution in [0.15, 0.2) is 67.4 Å². The summed E-state index contributed by atoms with van der Waals surface area (Å²) in [6, 6.07) is 10.8. The standard InChI is InChI=1S/C27H21FN8O/c1-14(2)27(37)32-17-10-16(12-30-13-17)18-5-6-20-21(22(18)28)24(36-35-20)26-33-23-19(7-9-31-25(23)34-26)15-4-3-8-29-11-15/h3-14H,1-2H3,(H,32,37)(H,35,36)(H,31,33,34). The molecule has 0 radical (unpaired) electrons. The zero-order valence-electron chi connectivity index (χ0n) is 20.0. The van der Waals surface area contributed by atoms with Gasteiger partial charge in [-0.15, -0.1) is 0 Å². The highest BCUT2D eigenvalue weighted by atomic mass is 19.1. The van der Waals surface area contributed by atoms with E-state index in [0.29, 0.717) is 45.0 Å². The minimum Gasteiger partial charge on any atom is -0.335 e. The first-order chi connectivity index (χ1) is 18.0. The number of halogens is 1. The average molecular weight is 493 g/mol. The molecular weight excluding hydrogens is 471 g/mol. The Hall–Kier alpha value is -4.99. The van der Waals surface area contributed by atoms with E-state index in [4.69, 9.17) is 0 Å². The van der Waals surface area contributed by atoms with Gasteiger partial charge in [-0.3, -0.25) is 19.9 Å². The van der Waals surface area contributed by atoms with Gasteiger partial charge in [-0.05, 0) is 30.3 Å². The van der Waals surface area contributed by atoms with Crippen LogP contribution in [-0.2, 0) is 4.79 Å². The number of rotatable bonds is 5. The van der Waals surface area contributed by atoms with Crippen LogP contribution < -0.4 is 5.32 Å². The summed E-state index contributed by atoms with van der Waals surface area (Å²) in [4.78, 5) is 32.8. The number of benzene rings is 1. The smallest absolute Gasteiger partial charge is 0.226 e. The van der Waals surface area contributed by atoms with Crippen LogP contribution in [0.2, 0.25) is 0 Å². The average Bonchev–Trinajstić information content (AvgIpc) is 3.54. The lowest BCUT2D eigenvalue weighted by Crippen LogP contribution is -2.17. The first-order valence-corrected chi connectivity index (χ1v) is 11.7. The molecule has 0 unspecified atom stereocenters. The number of imidazole rings is 1. The Morgan fingerprint density at radius 1 is 1.00 bits per heavy atom. The van der Waals surface area contributed by atoms with E-state index < -0.39 is 5.82 Å². The molecule has 0 spiro atoms. The van der Waals surface area contributed by atoms with E-state index >= 15 is 4.39 Å². The summed E-state index contributed by atoms with van der Waals surface area (Å²) in [6.45, 7) is 3.60. The van der Waals surface area contributed by atoms with Crippen molar-refractivity contribution in [1.82, 2.24) is 35.1 Å². The number of H-pyrrole nitrogens is 2. The van der Waals surface area contributed by atoms with Gasteiger partial charge in [0.15, 0.2) is 11.5 Å². The molecule has 0 bridgehead atoms. The summed E-state index contributed by atoms with van der Waals surface area (Å²) in [5.74, 6) is -0.424. The number of pyridine rings is 3. The minimum atomic E-state index is -0.476. The van der Waals surface area contributed by atoms with Gasteiger partial charge in [0, 0.05) is 53.0 Å². The van der Waals surface area contributed by atoms with Crippen molar-refractivity contribution in [3.05, 3.63) is 73.2 Å². The van der Waals surface area contributed by atoms with Crippen LogP contribution in [-0.4, -0.2) is 41.0 Å². The molecule has 182 valence electrons. The van der Waals surface area contributed by atoms with Gasteiger partial charge in [0.25, 0.3) is 0 Å². The van der Waals surface area contributed by atoms with Gasteiger partial charge in [-0.2, -0.15) is 5.10 Å². The summed E-state index contributed by atoms with van der Waals surface area (Å²) in [6.07, 6.45) is 8.23. The van der Waals surface area contributed by atoms with Crippen LogP contribution in [0.4, 0.5) is 10.1 Å². The maximum atomic E-state index is 16.0. The lowest BCUT2D eigenvalue weighted by Gasteiger charge is -2.10. The van der Waals surface area contributed by atoms with Gasteiger partial charge in [0.2, 0.25) is 5.91 Å². The van der Waals surface area contributed by atoms with Crippen molar-refractivity contribution in [3.63, 3.8) is 0 Å². The number of aromatic amines is 2. The molecule has 37 heavy (non-hydrogen) atoms. The first-order valence-electron chi connectivity index (χ1n) is 11.7. The third-order valence-corrected chi connectivity index (χ3v) is 6.10. The number of carbonyl (C=O) groups excluding carboxylic acids is 1. The van der Waals surface area contributed by atoms with Gasteiger partial charge in [0.05, 0.1) is 28.3 Å². The van der Waals surface area contributed by atoms with E-state index in [0.717, 1.165) is 11.1 Å². The second kappa shape index (κ2) is 8.90. The Morgan fingerprint density at radius 2 is 1.86 bits per heavy atom. The molecule has 5 aromatic heterocycles. The molecule has 0 atom stereocenters. The van der Waals surface area contributed by atoms with Gasteiger partial charge in [-0.1, -0.05) is 19.9 Å². The topological polar surface area (TPSA) is 125 Å². The Morgan fingerprint density at radius 3 is 2.68 bits per heavy atom. The van der Waals surface area contributed by atoms with E-state index in [2.05, 4.69) is 40.4 Å². The van der Waals surface area contributed by atoms with Crippen molar-refractivity contribution < 1.29 is 9.18 Å². The number of hydrogen-bond donors (Lipinski definition) is 3. The fourth-order valence-corrected chi connectivity index (χ4v) is 4.20. The number of carbonyl (C=O) groups is 1. The number of hydrogen-bond acceptors (Lipinski definition) is 6. The van der Waals surface area contributed by atoms with Crippen LogP contribution in [0.3, 0.4) is 0 Å². The summed E-state index contributed by atoms with van der Waals surface area (Å²) >= 11 is 0. The summed E-state index contributed by atoms with van der Waals surface area (Å²) < 4.78 is 16.0. The van der Waals surface area contributed by atoms with Crippen molar-refractivity contribution >= 4 is 33.7 Å². The molecule has 1 aromatic carbocycles. The predicted octanol–water partition coefficient (Wildman–Crippen LogP) is 5.36. The van der Waals surface area contributed by atoms with Crippen LogP contribution >= 0.6 is 0 Å². The number of anilines is 1. The highest BCUT2D eigenvalue weighted by molar-refractivity contribution is 5.98. The second-order valence-electron chi connectivity index (χ2n) is 8.91. The van der Waals surface area contributed by atoms with E-state index in [-0.39, 0.29) is 17.2 Å². The molecule has 0 aliphatic rings. The molecular formula is C27H21FN8O. The Balaban J connectivity index is 1.45. The highest BCUT2D eigenvalue weighted by Crippen LogP contribution is 2.35. The SMILES string of the molecule is CC(C)C(=O)Nc1cncc(-c2ccc3[nH]nc(-c4nc5nccc(-c6cccnc6)c5[nH]4)c3c2F)c1. The number of aromatic nitrogens is 7. The maximum absolute atomic E-state index is 16.0. The molecule has 10 heteroatoms. The number of amides is 1. The molecule has 9 nitrogen and oxygen atoms in total. The summed E-state index contributed by atoms with van der Waals surface area (Å²) in [7, 11) is 0. The second-order valence-corrected chi connectivity index (χ2v) is 8.91. The molecule has 3 N–H and O–H groups in total. The number of nitrogens with one attached hydrogen (secondary N) is 3. The molecule has 6 aromatic rings. The van der Waals surface area contributed by atoms with Crippen LogP contribution in [0.25, 0.3) is 55.8 Å². The van der Waals surface area contributed by atoms with Crippen molar-refractivity contribution in [3.8, 4) is 33.8 Å². The van der Waals surface area contributed by atoms with Crippen molar-refractivity contribution in [2.75, 3.05) is 5.32 Å². The third kappa shape index (κ3) is 3.98. The van der Waals surface area contributed by atoms with Gasteiger partial charge in [0.1, 0.15) is 11.5 Å². The first kappa shape index (κ1) is 22.5. The van der Waals surface area contributed by atoms with Crippen molar-refractivity contribution in [2.24, 2.45) is 5.92 Å². The molecule has 6 rings (SSSR count). The van der Waals surface area contributed by atoms with E-state index in [1.807, 2.05) is 18.2 Å². The van der Waals surface area contributed by atoms with Crippen LogP contribution in [0.1, 0.15) is 13.8 Å². The molecule has 0 saturated carbocycles. The van der Waals surface area contributed by atoms with Gasteiger partial charge in [-0.25, -0.2) is 14.4 Å². The molecule has 0 aliphatic carbocycles. The zero-order valence-corrected chi connectivity index (χ0v) is 20.0. The lowest BCUT2D eigenvalue weighted by atomic mass is 10.0. The fraction of sp³-hybridized carbons (Fsp3) is 0.111. The zero-order chi connectivity index (χ0) is 25.5. The largest absolute Gasteiger partial charge is 0.335 e. The lowest BCUT2D eigenvalue weighted by molar-refractivity contribution is -0.118. The fourth-order valence-electron chi connectivity index (χ4n) is 4.20. The maximum Gasteiger partial charge on any atom is 0.226 e. The minimum absolute atomic E-state index is 0.142. The normalized spacial score (nSPS) is 11.5. The molecule has 0 fully saturated rings. The molecule has 0 saturated heterocycles. The molecule has 0 aliphatic heterocycles. The van der Waals surface area contributed by atoms with Crippen LogP contribution in [0.5, 0.6) is 0 Å². The summed E-state index contributed by atoms with van der Waals surface area (Å²) in [5, 5.41) is 10.4. The monoisotopic (exact) mass is 492 g/mol. The van der Waals surface area contributed by atoms with Gasteiger partial charge < -0.3 is 10.3 Å². The third-order valence-electron chi connectivity index (χ3n) is 6.10. The van der Waals surface area contributed by atoms with Gasteiger partial charge >= 0.3 is 0 Å². The van der Waals surface area contributed by atoms with E-state index in [1.165, 1.54) is 6.20 Å². The number of nitrogens with zero attached hydrogens (tertiary/aromatic N) is 5. The predicted molar refractivity (Wildman–Crippen MR) is 139 cm³/mol. The molecule has 5 heterocycles. The number of fused-ring (bicyclic) bond motifs is 2. The molecule has 1 amide bonds. The highest BCUT2D eigenvalue weighted by Gasteiger charge is 2.21. The van der Waals surface area contributed by atoms with Crippen molar-refractivity contribution in [1.29, 1.82) is 0 Å². The Labute approximate surface area is 210 Å². The Kier molecular flexibility index (Phi) is 5.41. The van der Waals surface area contributed by atoms with Crippen LogP contribution in [0, 0.1) is 11.7 Å². The summed E-state index contributed by atoms with van der Waals surface area (Å²) in [5.41, 5.74) is 5.18. The van der Waals surface area contributed by atoms with E-state index in [1.54, 1.807) is 56.8 Å². The van der Waals surface area contributed by atoms with Crippen molar-refractivity contribution in [2.45, 2.75) is 13.8 Å². The Bertz CT molecular complexity index is 1770. The quantitative estimate of drug-likeness (QED) is 0.298. The van der Waals surface area contributed by atoms with E-state index in [9.17, 15) is 4.79 Å².